The lowest BCUT2D eigenvalue weighted by Gasteiger charge is -2.24. The van der Waals surface area contributed by atoms with E-state index in [0.29, 0.717) is 12.6 Å². The van der Waals surface area contributed by atoms with Crippen LogP contribution in [-0.2, 0) is 6.54 Å². The smallest absolute Gasteiger partial charge is 0.191 e. The van der Waals surface area contributed by atoms with Crippen LogP contribution < -0.4 is 20.1 Å². The van der Waals surface area contributed by atoms with Crippen molar-refractivity contribution in [2.75, 3.05) is 14.2 Å². The van der Waals surface area contributed by atoms with Crippen molar-refractivity contribution in [1.29, 1.82) is 0 Å². The molecular formula is C19H31N3O2. The predicted octanol–water partition coefficient (Wildman–Crippen LogP) is 3.48. The predicted molar refractivity (Wildman–Crippen MR) is 99.0 cm³/mol. The summed E-state index contributed by atoms with van der Waals surface area (Å²) in [5.74, 6) is 2.42. The molecule has 0 aromatic heterocycles. The lowest BCUT2D eigenvalue weighted by atomic mass is 10.1. The van der Waals surface area contributed by atoms with Crippen molar-refractivity contribution in [3.8, 4) is 11.5 Å². The number of nitrogens with one attached hydrogen (secondary N) is 2. The van der Waals surface area contributed by atoms with Gasteiger partial charge in [0.05, 0.1) is 13.2 Å². The summed E-state index contributed by atoms with van der Waals surface area (Å²) in [6, 6.07) is 6.09. The van der Waals surface area contributed by atoms with Crippen molar-refractivity contribution in [2.24, 2.45) is 4.99 Å². The summed E-state index contributed by atoms with van der Waals surface area (Å²) in [7, 11) is 3.47. The summed E-state index contributed by atoms with van der Waals surface area (Å²) in [5, 5.41) is 6.70. The molecule has 1 aliphatic carbocycles. The van der Waals surface area contributed by atoms with Crippen LogP contribution in [-0.4, -0.2) is 31.8 Å². The van der Waals surface area contributed by atoms with Crippen LogP contribution in [0.25, 0.3) is 0 Å². The molecule has 5 heteroatoms. The van der Waals surface area contributed by atoms with Crippen LogP contribution in [0.15, 0.2) is 23.2 Å². The van der Waals surface area contributed by atoms with E-state index in [1.165, 1.54) is 12.8 Å². The molecule has 0 radical (unpaired) electrons. The van der Waals surface area contributed by atoms with Gasteiger partial charge in [-0.3, -0.25) is 4.99 Å². The quantitative estimate of drug-likeness (QED) is 0.640. The van der Waals surface area contributed by atoms with Gasteiger partial charge in [-0.15, -0.1) is 0 Å². The largest absolute Gasteiger partial charge is 0.493 e. The highest BCUT2D eigenvalue weighted by atomic mass is 16.5. The first-order valence-electron chi connectivity index (χ1n) is 8.73. The fourth-order valence-corrected chi connectivity index (χ4v) is 2.83. The summed E-state index contributed by atoms with van der Waals surface area (Å²) in [6.45, 7) is 7.02. The van der Waals surface area contributed by atoms with Gasteiger partial charge >= 0.3 is 0 Å². The van der Waals surface area contributed by atoms with E-state index in [9.17, 15) is 0 Å². The van der Waals surface area contributed by atoms with Crippen molar-refractivity contribution in [3.63, 3.8) is 0 Å². The average molecular weight is 333 g/mol. The second-order valence-electron chi connectivity index (χ2n) is 7.31. The third kappa shape index (κ3) is 5.62. The van der Waals surface area contributed by atoms with Gasteiger partial charge in [-0.2, -0.15) is 0 Å². The van der Waals surface area contributed by atoms with Gasteiger partial charge in [0.1, 0.15) is 0 Å². The number of rotatable bonds is 5. The number of benzene rings is 1. The minimum Gasteiger partial charge on any atom is -0.493 e. The normalized spacial score (nSPS) is 16.1. The zero-order valence-electron chi connectivity index (χ0n) is 15.6. The molecule has 134 valence electrons. The van der Waals surface area contributed by atoms with E-state index in [4.69, 9.17) is 9.47 Å². The number of nitrogens with zero attached hydrogens (tertiary/aromatic N) is 1. The molecular weight excluding hydrogens is 302 g/mol. The van der Waals surface area contributed by atoms with Crippen molar-refractivity contribution < 1.29 is 9.47 Å². The highest BCUT2D eigenvalue weighted by Crippen LogP contribution is 2.32. The van der Waals surface area contributed by atoms with Gasteiger partial charge in [0, 0.05) is 19.1 Å². The Hall–Kier alpha value is -1.91. The number of aliphatic imine (C=N–C) groups is 1. The molecule has 1 aliphatic rings. The van der Waals surface area contributed by atoms with E-state index in [2.05, 4.69) is 48.5 Å². The van der Waals surface area contributed by atoms with E-state index in [1.54, 1.807) is 14.2 Å². The number of hydrogen-bond donors (Lipinski definition) is 2. The SMILES string of the molecule is CN=C(NCc1ccc(OC)c(OC2CCCC2)c1)NC(C)(C)C. The topological polar surface area (TPSA) is 54.9 Å². The molecule has 2 N–H and O–H groups in total. The summed E-state index contributed by atoms with van der Waals surface area (Å²) in [5.41, 5.74) is 1.11. The van der Waals surface area contributed by atoms with Crippen LogP contribution >= 0.6 is 0 Å². The summed E-state index contributed by atoms with van der Waals surface area (Å²) < 4.78 is 11.6. The Labute approximate surface area is 145 Å². The number of methoxy groups -OCH3 is 1. The van der Waals surface area contributed by atoms with Crippen LogP contribution in [0.1, 0.15) is 52.0 Å². The van der Waals surface area contributed by atoms with Gasteiger partial charge in [0.15, 0.2) is 17.5 Å². The van der Waals surface area contributed by atoms with Crippen LogP contribution in [0.5, 0.6) is 11.5 Å². The third-order valence-electron chi connectivity index (χ3n) is 4.00. The lowest BCUT2D eigenvalue weighted by Crippen LogP contribution is -2.47. The van der Waals surface area contributed by atoms with Gasteiger partial charge in [-0.1, -0.05) is 6.07 Å². The van der Waals surface area contributed by atoms with E-state index in [-0.39, 0.29) is 5.54 Å². The second kappa shape index (κ2) is 8.27. The van der Waals surface area contributed by atoms with Crippen LogP contribution in [0.3, 0.4) is 0 Å². The monoisotopic (exact) mass is 333 g/mol. The standard InChI is InChI=1S/C19H31N3O2/c1-19(2,3)22-18(20-4)21-13-14-10-11-16(23-5)17(12-14)24-15-8-6-7-9-15/h10-12,15H,6-9,13H2,1-5H3,(H2,20,21,22). The summed E-state index contributed by atoms with van der Waals surface area (Å²) in [4.78, 5) is 4.27. The summed E-state index contributed by atoms with van der Waals surface area (Å²) in [6.07, 6.45) is 5.09. The number of guanidine groups is 1. The highest BCUT2D eigenvalue weighted by Gasteiger charge is 2.19. The molecule has 0 heterocycles. The van der Waals surface area contributed by atoms with Crippen LogP contribution in [0.4, 0.5) is 0 Å². The molecule has 2 rings (SSSR count). The Morgan fingerprint density at radius 2 is 1.92 bits per heavy atom. The molecule has 24 heavy (non-hydrogen) atoms. The van der Waals surface area contributed by atoms with Gasteiger partial charge < -0.3 is 20.1 Å². The van der Waals surface area contributed by atoms with E-state index < -0.39 is 0 Å². The molecule has 0 spiro atoms. The van der Waals surface area contributed by atoms with Crippen LogP contribution in [0, 0.1) is 0 Å². The first-order valence-corrected chi connectivity index (χ1v) is 8.73. The van der Waals surface area contributed by atoms with Crippen molar-refractivity contribution in [1.82, 2.24) is 10.6 Å². The molecule has 0 saturated heterocycles. The van der Waals surface area contributed by atoms with Gasteiger partial charge in [-0.25, -0.2) is 0 Å². The van der Waals surface area contributed by atoms with E-state index >= 15 is 0 Å². The average Bonchev–Trinajstić information content (AvgIpc) is 3.03. The molecule has 0 bridgehead atoms. The Morgan fingerprint density at radius 1 is 1.21 bits per heavy atom. The minimum atomic E-state index is -0.0293. The van der Waals surface area contributed by atoms with Gasteiger partial charge in [0.25, 0.3) is 0 Å². The maximum absolute atomic E-state index is 6.15. The third-order valence-corrected chi connectivity index (χ3v) is 4.00. The molecule has 0 amide bonds. The molecule has 5 nitrogen and oxygen atoms in total. The number of hydrogen-bond acceptors (Lipinski definition) is 3. The highest BCUT2D eigenvalue weighted by molar-refractivity contribution is 5.80. The molecule has 1 aromatic rings. The molecule has 0 unspecified atom stereocenters. The molecule has 1 fully saturated rings. The first-order chi connectivity index (χ1) is 11.4. The Morgan fingerprint density at radius 3 is 2.50 bits per heavy atom. The fraction of sp³-hybridized carbons (Fsp3) is 0.632. The Balaban J connectivity index is 2.02. The molecule has 1 aromatic carbocycles. The maximum atomic E-state index is 6.15. The Bertz CT molecular complexity index is 558. The van der Waals surface area contributed by atoms with Gasteiger partial charge in [0.2, 0.25) is 0 Å². The first kappa shape index (κ1) is 18.4. The van der Waals surface area contributed by atoms with E-state index in [0.717, 1.165) is 35.9 Å². The second-order valence-corrected chi connectivity index (χ2v) is 7.31. The van der Waals surface area contributed by atoms with Crippen molar-refractivity contribution in [3.05, 3.63) is 23.8 Å². The Kier molecular flexibility index (Phi) is 6.35. The lowest BCUT2D eigenvalue weighted by molar-refractivity contribution is 0.200. The number of ether oxygens (including phenoxy) is 2. The van der Waals surface area contributed by atoms with Crippen molar-refractivity contribution >= 4 is 5.96 Å². The van der Waals surface area contributed by atoms with Gasteiger partial charge in [-0.05, 0) is 64.2 Å². The summed E-state index contributed by atoms with van der Waals surface area (Å²) >= 11 is 0. The molecule has 0 atom stereocenters. The maximum Gasteiger partial charge on any atom is 0.191 e. The van der Waals surface area contributed by atoms with Crippen molar-refractivity contribution in [2.45, 2.75) is 64.6 Å². The van der Waals surface area contributed by atoms with E-state index in [1.807, 2.05) is 6.07 Å². The molecule has 1 saturated carbocycles. The zero-order valence-corrected chi connectivity index (χ0v) is 15.6. The minimum absolute atomic E-state index is 0.0293. The fourth-order valence-electron chi connectivity index (χ4n) is 2.83. The van der Waals surface area contributed by atoms with Crippen LogP contribution in [0.2, 0.25) is 0 Å². The zero-order chi connectivity index (χ0) is 17.6. The molecule has 0 aliphatic heterocycles.